The zero-order chi connectivity index (χ0) is 12.7. The molecule has 92 valence electrons. The highest BCUT2D eigenvalue weighted by Gasteiger charge is 2.16. The molecule has 0 aliphatic rings. The second-order valence-electron chi connectivity index (χ2n) is 4.65. The number of fused-ring (bicyclic) bond motifs is 1. The lowest BCUT2D eigenvalue weighted by molar-refractivity contribution is 0.579. The third-order valence-corrected chi connectivity index (χ3v) is 3.34. The van der Waals surface area contributed by atoms with Crippen molar-refractivity contribution in [3.8, 4) is 11.3 Å². The molecule has 1 aromatic carbocycles. The second kappa shape index (κ2) is 4.03. The van der Waals surface area contributed by atoms with Gasteiger partial charge in [0.25, 0.3) is 0 Å². The summed E-state index contributed by atoms with van der Waals surface area (Å²) in [7, 11) is 0. The molecule has 18 heavy (non-hydrogen) atoms. The van der Waals surface area contributed by atoms with Crippen LogP contribution in [0.1, 0.15) is 16.8 Å². The summed E-state index contributed by atoms with van der Waals surface area (Å²) in [5, 5.41) is 1.18. The molecule has 3 heteroatoms. The molecule has 0 radical (unpaired) electrons. The molecule has 2 aromatic heterocycles. The van der Waals surface area contributed by atoms with E-state index in [1.807, 2.05) is 6.07 Å². The molecule has 0 atom stereocenters. The van der Waals surface area contributed by atoms with Crippen molar-refractivity contribution in [2.75, 3.05) is 0 Å². The number of rotatable bonds is 2. The zero-order valence-electron chi connectivity index (χ0n) is 10.6. The Hall–Kier alpha value is -2.00. The van der Waals surface area contributed by atoms with Gasteiger partial charge in [-0.3, -0.25) is 0 Å². The number of aromatic amines is 1. The minimum atomic E-state index is 0.490. The summed E-state index contributed by atoms with van der Waals surface area (Å²) in [5.74, 6) is 0.880. The highest BCUT2D eigenvalue weighted by Crippen LogP contribution is 2.34. The molecule has 0 saturated carbocycles. The standard InChI is InChI=1S/C15H16N2O/c1-9-3-4-12-13(7-9)17-10(2)14(12)15-11(8-16)5-6-18-15/h3-7,17H,8,16H2,1-2H3. The lowest BCUT2D eigenvalue weighted by Gasteiger charge is -2.01. The molecule has 0 aliphatic heterocycles. The van der Waals surface area contributed by atoms with Gasteiger partial charge in [0.2, 0.25) is 0 Å². The van der Waals surface area contributed by atoms with Crippen LogP contribution in [-0.4, -0.2) is 4.98 Å². The fourth-order valence-corrected chi connectivity index (χ4v) is 2.45. The van der Waals surface area contributed by atoms with E-state index in [1.165, 1.54) is 10.9 Å². The molecule has 0 amide bonds. The van der Waals surface area contributed by atoms with Crippen LogP contribution in [0.15, 0.2) is 34.9 Å². The average Bonchev–Trinajstić information content (AvgIpc) is 2.90. The first-order valence-corrected chi connectivity index (χ1v) is 6.06. The van der Waals surface area contributed by atoms with Gasteiger partial charge in [-0.05, 0) is 31.5 Å². The smallest absolute Gasteiger partial charge is 0.140 e. The third kappa shape index (κ3) is 1.56. The number of nitrogens with one attached hydrogen (secondary N) is 1. The van der Waals surface area contributed by atoms with Gasteiger partial charge in [-0.2, -0.15) is 0 Å². The molecule has 0 saturated heterocycles. The Kier molecular flexibility index (Phi) is 2.49. The van der Waals surface area contributed by atoms with Crippen LogP contribution in [0.25, 0.3) is 22.2 Å². The van der Waals surface area contributed by atoms with Crippen LogP contribution in [0.3, 0.4) is 0 Å². The van der Waals surface area contributed by atoms with E-state index in [9.17, 15) is 0 Å². The van der Waals surface area contributed by atoms with Crippen molar-refractivity contribution >= 4 is 10.9 Å². The summed E-state index contributed by atoms with van der Waals surface area (Å²) in [4.78, 5) is 3.41. The van der Waals surface area contributed by atoms with Crippen molar-refractivity contribution < 1.29 is 4.42 Å². The van der Waals surface area contributed by atoms with Crippen LogP contribution in [0.5, 0.6) is 0 Å². The summed E-state index contributed by atoms with van der Waals surface area (Å²) in [6.45, 7) is 4.64. The summed E-state index contributed by atoms with van der Waals surface area (Å²) >= 11 is 0. The summed E-state index contributed by atoms with van der Waals surface area (Å²) in [6, 6.07) is 8.33. The van der Waals surface area contributed by atoms with Crippen molar-refractivity contribution in [2.24, 2.45) is 5.73 Å². The zero-order valence-corrected chi connectivity index (χ0v) is 10.6. The molecule has 0 spiro atoms. The largest absolute Gasteiger partial charge is 0.464 e. The van der Waals surface area contributed by atoms with Gasteiger partial charge in [-0.15, -0.1) is 0 Å². The number of hydrogen-bond acceptors (Lipinski definition) is 2. The maximum atomic E-state index is 5.75. The summed E-state index contributed by atoms with van der Waals surface area (Å²) in [5.41, 5.74) is 11.4. The number of aryl methyl sites for hydroxylation is 2. The van der Waals surface area contributed by atoms with Gasteiger partial charge >= 0.3 is 0 Å². The second-order valence-corrected chi connectivity index (χ2v) is 4.65. The Bertz CT molecular complexity index is 706. The van der Waals surface area contributed by atoms with Gasteiger partial charge in [0.1, 0.15) is 5.76 Å². The minimum absolute atomic E-state index is 0.490. The Labute approximate surface area is 106 Å². The first kappa shape index (κ1) is 11.1. The van der Waals surface area contributed by atoms with Crippen LogP contribution in [0.4, 0.5) is 0 Å². The first-order valence-electron chi connectivity index (χ1n) is 6.06. The molecule has 2 heterocycles. The van der Waals surface area contributed by atoms with Gasteiger partial charge in [-0.1, -0.05) is 12.1 Å². The Morgan fingerprint density at radius 3 is 2.83 bits per heavy atom. The Morgan fingerprint density at radius 1 is 1.22 bits per heavy atom. The minimum Gasteiger partial charge on any atom is -0.464 e. The van der Waals surface area contributed by atoms with Crippen LogP contribution in [-0.2, 0) is 6.54 Å². The van der Waals surface area contributed by atoms with Gasteiger partial charge in [0.15, 0.2) is 0 Å². The number of furan rings is 1. The van der Waals surface area contributed by atoms with Gasteiger partial charge in [0, 0.05) is 34.3 Å². The fourth-order valence-electron chi connectivity index (χ4n) is 2.45. The SMILES string of the molecule is Cc1ccc2c(-c3occc3CN)c(C)[nH]c2c1. The maximum absolute atomic E-state index is 5.75. The number of nitrogens with two attached hydrogens (primary N) is 1. The van der Waals surface area contributed by atoms with Crippen LogP contribution in [0, 0.1) is 13.8 Å². The molecular weight excluding hydrogens is 224 g/mol. The van der Waals surface area contributed by atoms with Crippen molar-refractivity contribution in [2.45, 2.75) is 20.4 Å². The summed E-state index contributed by atoms with van der Waals surface area (Å²) < 4.78 is 5.62. The number of H-pyrrole nitrogens is 1. The van der Waals surface area contributed by atoms with E-state index >= 15 is 0 Å². The topological polar surface area (TPSA) is 54.9 Å². The molecule has 3 nitrogen and oxygen atoms in total. The van der Waals surface area contributed by atoms with Gasteiger partial charge in [0.05, 0.1) is 6.26 Å². The normalized spacial score (nSPS) is 11.3. The maximum Gasteiger partial charge on any atom is 0.140 e. The highest BCUT2D eigenvalue weighted by molar-refractivity contribution is 5.97. The molecule has 0 bridgehead atoms. The summed E-state index contributed by atoms with van der Waals surface area (Å²) in [6.07, 6.45) is 1.70. The third-order valence-electron chi connectivity index (χ3n) is 3.34. The number of aromatic nitrogens is 1. The molecule has 3 N–H and O–H groups in total. The molecular formula is C15H16N2O. The average molecular weight is 240 g/mol. The van der Waals surface area contributed by atoms with Crippen LogP contribution >= 0.6 is 0 Å². The molecule has 3 aromatic rings. The van der Waals surface area contributed by atoms with Crippen LogP contribution in [0.2, 0.25) is 0 Å². The lowest BCUT2D eigenvalue weighted by atomic mass is 10.0. The molecule has 0 aliphatic carbocycles. The van der Waals surface area contributed by atoms with Gasteiger partial charge in [-0.25, -0.2) is 0 Å². The highest BCUT2D eigenvalue weighted by atomic mass is 16.3. The Morgan fingerprint density at radius 2 is 2.06 bits per heavy atom. The number of hydrogen-bond donors (Lipinski definition) is 2. The predicted octanol–water partition coefficient (Wildman–Crippen LogP) is 3.50. The van der Waals surface area contributed by atoms with E-state index in [-0.39, 0.29) is 0 Å². The first-order chi connectivity index (χ1) is 8.70. The fraction of sp³-hybridized carbons (Fsp3) is 0.200. The molecule has 0 fully saturated rings. The predicted molar refractivity (Wildman–Crippen MR) is 73.4 cm³/mol. The molecule has 3 rings (SSSR count). The van der Waals surface area contributed by atoms with Crippen molar-refractivity contribution in [3.05, 3.63) is 47.3 Å². The van der Waals surface area contributed by atoms with Crippen LogP contribution < -0.4 is 5.73 Å². The number of benzene rings is 1. The Balaban J connectivity index is 2.32. The lowest BCUT2D eigenvalue weighted by Crippen LogP contribution is -1.96. The van der Waals surface area contributed by atoms with Crippen molar-refractivity contribution in [3.63, 3.8) is 0 Å². The monoisotopic (exact) mass is 240 g/mol. The van der Waals surface area contributed by atoms with Gasteiger partial charge < -0.3 is 15.1 Å². The quantitative estimate of drug-likeness (QED) is 0.720. The van der Waals surface area contributed by atoms with E-state index in [0.717, 1.165) is 28.1 Å². The van der Waals surface area contributed by atoms with Crippen molar-refractivity contribution in [1.29, 1.82) is 0 Å². The van der Waals surface area contributed by atoms with Crippen molar-refractivity contribution in [1.82, 2.24) is 4.98 Å². The van der Waals surface area contributed by atoms with E-state index in [4.69, 9.17) is 10.2 Å². The van der Waals surface area contributed by atoms with E-state index < -0.39 is 0 Å². The van der Waals surface area contributed by atoms with E-state index in [2.05, 4.69) is 37.0 Å². The molecule has 0 unspecified atom stereocenters. The van der Waals surface area contributed by atoms with E-state index in [0.29, 0.717) is 6.54 Å². The van der Waals surface area contributed by atoms with E-state index in [1.54, 1.807) is 6.26 Å².